The molecule has 1 aromatic rings. The van der Waals surface area contributed by atoms with Gasteiger partial charge < -0.3 is 10.4 Å². The van der Waals surface area contributed by atoms with E-state index in [1.54, 1.807) is 0 Å². The number of phenolic OH excluding ortho intramolecular Hbond substituents is 1. The van der Waals surface area contributed by atoms with Crippen LogP contribution < -0.4 is 5.32 Å². The Balaban J connectivity index is 2.31. The van der Waals surface area contributed by atoms with E-state index < -0.39 is 17.4 Å². The fraction of sp³-hybridized carbons (Fsp3) is 0.455. The normalized spacial score (nSPS) is 21.6. The molecule has 1 aromatic carbocycles. The molecule has 0 aliphatic carbocycles. The van der Waals surface area contributed by atoms with Gasteiger partial charge in [0.05, 0.1) is 0 Å². The van der Waals surface area contributed by atoms with Gasteiger partial charge in [-0.05, 0) is 25.5 Å². The van der Waals surface area contributed by atoms with Gasteiger partial charge in [0.15, 0.2) is 11.6 Å². The molecule has 4 heteroatoms. The van der Waals surface area contributed by atoms with Gasteiger partial charge in [-0.3, -0.25) is 0 Å². The summed E-state index contributed by atoms with van der Waals surface area (Å²) in [7, 11) is 0. The van der Waals surface area contributed by atoms with Gasteiger partial charge in [0.25, 0.3) is 0 Å². The quantitative estimate of drug-likeness (QED) is 0.749. The summed E-state index contributed by atoms with van der Waals surface area (Å²) in [6, 6.07) is 2.53. The van der Waals surface area contributed by atoms with Crippen molar-refractivity contribution in [3.05, 3.63) is 29.3 Å². The highest BCUT2D eigenvalue weighted by Crippen LogP contribution is 2.33. The van der Waals surface area contributed by atoms with E-state index in [-0.39, 0.29) is 5.92 Å². The lowest BCUT2D eigenvalue weighted by Crippen LogP contribution is -2.28. The molecule has 2 rings (SSSR count). The Hall–Kier alpha value is -1.16. The largest absolute Gasteiger partial charge is 0.505 e. The number of aromatic hydroxyl groups is 1. The lowest BCUT2D eigenvalue weighted by atomic mass is 9.91. The zero-order chi connectivity index (χ0) is 10.8. The number of piperidine rings is 1. The minimum atomic E-state index is -1.14. The van der Waals surface area contributed by atoms with Crippen LogP contribution in [0.3, 0.4) is 0 Å². The summed E-state index contributed by atoms with van der Waals surface area (Å²) >= 11 is 0. The maximum Gasteiger partial charge on any atom is 0.200 e. The third-order valence-corrected chi connectivity index (χ3v) is 2.84. The van der Waals surface area contributed by atoms with Gasteiger partial charge in [-0.1, -0.05) is 6.07 Å². The molecule has 1 heterocycles. The van der Waals surface area contributed by atoms with Crippen molar-refractivity contribution in [2.45, 2.75) is 18.8 Å². The van der Waals surface area contributed by atoms with Crippen molar-refractivity contribution in [1.29, 1.82) is 0 Å². The molecule has 0 amide bonds. The summed E-state index contributed by atoms with van der Waals surface area (Å²) in [5.74, 6) is -2.60. The highest BCUT2D eigenvalue weighted by Gasteiger charge is 2.21. The summed E-state index contributed by atoms with van der Waals surface area (Å²) in [4.78, 5) is 0. The molecule has 15 heavy (non-hydrogen) atoms. The zero-order valence-corrected chi connectivity index (χ0v) is 8.26. The molecule has 1 fully saturated rings. The molecule has 82 valence electrons. The zero-order valence-electron chi connectivity index (χ0n) is 8.26. The van der Waals surface area contributed by atoms with Crippen LogP contribution in [0.2, 0.25) is 0 Å². The van der Waals surface area contributed by atoms with E-state index in [0.29, 0.717) is 12.1 Å². The second-order valence-corrected chi connectivity index (χ2v) is 3.84. The van der Waals surface area contributed by atoms with Crippen molar-refractivity contribution < 1.29 is 13.9 Å². The number of benzene rings is 1. The van der Waals surface area contributed by atoms with Crippen molar-refractivity contribution in [3.63, 3.8) is 0 Å². The van der Waals surface area contributed by atoms with Crippen LogP contribution in [-0.4, -0.2) is 18.2 Å². The van der Waals surface area contributed by atoms with E-state index in [0.717, 1.165) is 25.5 Å². The van der Waals surface area contributed by atoms with Crippen LogP contribution in [0.1, 0.15) is 24.3 Å². The average molecular weight is 213 g/mol. The van der Waals surface area contributed by atoms with Crippen LogP contribution in [0, 0.1) is 11.6 Å². The number of halogens is 2. The number of phenols is 1. The predicted octanol–water partition coefficient (Wildman–Crippen LogP) is 2.14. The van der Waals surface area contributed by atoms with Crippen LogP contribution in [0.25, 0.3) is 0 Å². The third kappa shape index (κ3) is 1.95. The first-order chi connectivity index (χ1) is 7.20. The molecule has 1 aliphatic rings. The average Bonchev–Trinajstić information content (AvgIpc) is 2.27. The smallest absolute Gasteiger partial charge is 0.200 e. The first-order valence-corrected chi connectivity index (χ1v) is 5.07. The summed E-state index contributed by atoms with van der Waals surface area (Å²) in [5.41, 5.74) is 0.501. The van der Waals surface area contributed by atoms with Crippen molar-refractivity contribution in [2.24, 2.45) is 0 Å². The molecule has 2 nitrogen and oxygen atoms in total. The maximum absolute atomic E-state index is 13.1. The summed E-state index contributed by atoms with van der Waals surface area (Å²) < 4.78 is 25.9. The SMILES string of the molecule is Oc1c(C2CCCNC2)ccc(F)c1F. The molecule has 0 spiro atoms. The van der Waals surface area contributed by atoms with Crippen molar-refractivity contribution in [1.82, 2.24) is 5.32 Å². The summed E-state index contributed by atoms with van der Waals surface area (Å²) in [6.45, 7) is 1.65. The van der Waals surface area contributed by atoms with Gasteiger partial charge in [0, 0.05) is 18.0 Å². The molecule has 2 N–H and O–H groups in total. The highest BCUT2D eigenvalue weighted by molar-refractivity contribution is 5.37. The molecule has 0 bridgehead atoms. The number of rotatable bonds is 1. The minimum Gasteiger partial charge on any atom is -0.505 e. The number of hydrogen-bond acceptors (Lipinski definition) is 2. The Morgan fingerprint density at radius 2 is 2.13 bits per heavy atom. The molecular formula is C11H13F2NO. The van der Waals surface area contributed by atoms with Gasteiger partial charge in [-0.15, -0.1) is 0 Å². The minimum absolute atomic E-state index is 0.0776. The molecule has 1 unspecified atom stereocenters. The van der Waals surface area contributed by atoms with E-state index in [2.05, 4.69) is 5.32 Å². The first kappa shape index (κ1) is 10.4. The van der Waals surface area contributed by atoms with Gasteiger partial charge in [-0.2, -0.15) is 4.39 Å². The Labute approximate surface area is 86.9 Å². The van der Waals surface area contributed by atoms with Crippen LogP contribution in [0.5, 0.6) is 5.75 Å². The molecule has 1 atom stereocenters. The monoisotopic (exact) mass is 213 g/mol. The van der Waals surface area contributed by atoms with E-state index >= 15 is 0 Å². The predicted molar refractivity (Wildman–Crippen MR) is 52.9 cm³/mol. The summed E-state index contributed by atoms with van der Waals surface area (Å²) in [6.07, 6.45) is 1.88. The molecule has 1 aliphatic heterocycles. The topological polar surface area (TPSA) is 32.3 Å². The van der Waals surface area contributed by atoms with Gasteiger partial charge in [-0.25, -0.2) is 4.39 Å². The van der Waals surface area contributed by atoms with Crippen LogP contribution in [0.15, 0.2) is 12.1 Å². The van der Waals surface area contributed by atoms with Gasteiger partial charge in [0.1, 0.15) is 0 Å². The molecular weight excluding hydrogens is 200 g/mol. The first-order valence-electron chi connectivity index (χ1n) is 5.07. The van der Waals surface area contributed by atoms with E-state index in [4.69, 9.17) is 0 Å². The molecule has 0 aromatic heterocycles. The fourth-order valence-corrected chi connectivity index (χ4v) is 2.00. The number of nitrogens with one attached hydrogen (secondary N) is 1. The van der Waals surface area contributed by atoms with Crippen molar-refractivity contribution >= 4 is 0 Å². The van der Waals surface area contributed by atoms with Crippen molar-refractivity contribution in [2.75, 3.05) is 13.1 Å². The maximum atomic E-state index is 13.1. The molecule has 1 saturated heterocycles. The van der Waals surface area contributed by atoms with E-state index in [1.165, 1.54) is 6.07 Å². The van der Waals surface area contributed by atoms with Crippen LogP contribution >= 0.6 is 0 Å². The Bertz CT molecular complexity index is 362. The lowest BCUT2D eigenvalue weighted by Gasteiger charge is -2.23. The molecule has 0 radical (unpaired) electrons. The second-order valence-electron chi connectivity index (χ2n) is 3.84. The van der Waals surface area contributed by atoms with E-state index in [1.807, 2.05) is 0 Å². The fourth-order valence-electron chi connectivity index (χ4n) is 2.00. The Morgan fingerprint density at radius 1 is 1.33 bits per heavy atom. The number of hydrogen-bond donors (Lipinski definition) is 2. The third-order valence-electron chi connectivity index (χ3n) is 2.84. The van der Waals surface area contributed by atoms with Crippen molar-refractivity contribution in [3.8, 4) is 5.75 Å². The highest BCUT2D eigenvalue weighted by atomic mass is 19.2. The lowest BCUT2D eigenvalue weighted by molar-refractivity contribution is 0.384. The standard InChI is InChI=1S/C11H13F2NO/c12-9-4-3-8(11(15)10(9)13)7-2-1-5-14-6-7/h3-4,7,14-15H,1-2,5-6H2. The van der Waals surface area contributed by atoms with E-state index in [9.17, 15) is 13.9 Å². The summed E-state index contributed by atoms with van der Waals surface area (Å²) in [5, 5.41) is 12.7. The molecule has 0 saturated carbocycles. The van der Waals surface area contributed by atoms with Gasteiger partial charge in [0.2, 0.25) is 5.82 Å². The van der Waals surface area contributed by atoms with Gasteiger partial charge >= 0.3 is 0 Å². The Kier molecular flexibility index (Phi) is 2.86. The van der Waals surface area contributed by atoms with Crippen LogP contribution in [-0.2, 0) is 0 Å². The van der Waals surface area contributed by atoms with Crippen LogP contribution in [0.4, 0.5) is 8.78 Å². The second kappa shape index (κ2) is 4.14. The Morgan fingerprint density at radius 3 is 2.80 bits per heavy atom.